The van der Waals surface area contributed by atoms with Crippen LogP contribution < -0.4 is 5.73 Å². The number of carbonyl (C=O) groups excluding carboxylic acids is 1. The van der Waals surface area contributed by atoms with Gasteiger partial charge in [0.2, 0.25) is 5.91 Å². The number of hydrogen-bond acceptors (Lipinski definition) is 5. The van der Waals surface area contributed by atoms with Crippen molar-refractivity contribution in [2.45, 2.75) is 108 Å². The molecule has 4 N–H and O–H groups in total. The Hall–Kier alpha value is -1.29. The summed E-state index contributed by atoms with van der Waals surface area (Å²) in [5, 5.41) is 17.2. The van der Waals surface area contributed by atoms with Gasteiger partial charge in [-0.25, -0.2) is 0 Å². The lowest BCUT2D eigenvalue weighted by molar-refractivity contribution is -0.148. The number of amides is 1. The van der Waals surface area contributed by atoms with Gasteiger partial charge in [0.05, 0.1) is 18.6 Å². The van der Waals surface area contributed by atoms with E-state index in [9.17, 15) is 14.7 Å². The highest BCUT2D eigenvalue weighted by Crippen LogP contribution is 2.27. The van der Waals surface area contributed by atoms with E-state index in [1.54, 1.807) is 0 Å². The average Bonchev–Trinajstić information content (AvgIpc) is 3.12. The van der Waals surface area contributed by atoms with Crippen LogP contribution in [-0.4, -0.2) is 95.2 Å². The summed E-state index contributed by atoms with van der Waals surface area (Å²) in [7, 11) is 1.96. The first-order valence-electron chi connectivity index (χ1n) is 13.3. The van der Waals surface area contributed by atoms with Gasteiger partial charge in [-0.05, 0) is 58.4 Å². The molecule has 0 aromatic rings. The van der Waals surface area contributed by atoms with Crippen molar-refractivity contribution in [1.82, 2.24) is 14.7 Å². The van der Waals surface area contributed by atoms with Gasteiger partial charge in [-0.2, -0.15) is 0 Å². The Labute approximate surface area is 228 Å². The molecule has 2 saturated heterocycles. The van der Waals surface area contributed by atoms with Crippen molar-refractivity contribution in [3.05, 3.63) is 0 Å². The lowest BCUT2D eigenvalue weighted by Crippen LogP contribution is -2.55. The van der Waals surface area contributed by atoms with E-state index in [-0.39, 0.29) is 61.3 Å². The van der Waals surface area contributed by atoms with Crippen LogP contribution in [0.4, 0.5) is 0 Å². The zero-order chi connectivity index (χ0) is 24.5. The van der Waals surface area contributed by atoms with Crippen LogP contribution in [0, 0.1) is 5.41 Å². The Balaban J connectivity index is 0.00000324. The number of carboxylic acids is 1. The maximum absolute atomic E-state index is 13.7. The quantitative estimate of drug-likeness (QED) is 0.227. The van der Waals surface area contributed by atoms with E-state index in [4.69, 9.17) is 15.9 Å². The van der Waals surface area contributed by atoms with Crippen LogP contribution in [0.25, 0.3) is 0 Å². The normalized spacial score (nSPS) is 22.8. The van der Waals surface area contributed by atoms with Gasteiger partial charge < -0.3 is 25.4 Å². The number of rotatable bonds is 9. The number of aliphatic carboxylic acids is 1. The molecule has 3 aliphatic rings. The Bertz CT molecular complexity index is 685. The molecule has 1 saturated carbocycles. The van der Waals surface area contributed by atoms with Gasteiger partial charge in [-0.3, -0.25) is 19.9 Å². The lowest BCUT2D eigenvalue weighted by Gasteiger charge is -2.41. The fourth-order valence-electron chi connectivity index (χ4n) is 5.91. The summed E-state index contributed by atoms with van der Waals surface area (Å²) >= 11 is 0. The number of likely N-dealkylation sites (N-methyl/N-ethyl adjacent to an activating group) is 1. The molecule has 0 spiro atoms. The van der Waals surface area contributed by atoms with Crippen molar-refractivity contribution < 1.29 is 19.4 Å². The first-order valence-corrected chi connectivity index (χ1v) is 13.3. The molecule has 3 rings (SSSR count). The van der Waals surface area contributed by atoms with E-state index in [1.165, 1.54) is 12.8 Å². The number of nitrogens with zero attached hydrogens (tertiary/aromatic N) is 3. The molecule has 1 aliphatic carbocycles. The predicted molar refractivity (Wildman–Crippen MR) is 146 cm³/mol. The zero-order valence-corrected chi connectivity index (χ0v) is 23.4. The third-order valence-electron chi connectivity index (χ3n) is 8.04. The maximum Gasteiger partial charge on any atom is 0.305 e. The smallest absolute Gasteiger partial charge is 0.305 e. The Morgan fingerprint density at radius 3 is 2.19 bits per heavy atom. The van der Waals surface area contributed by atoms with Crippen molar-refractivity contribution >= 4 is 42.7 Å². The van der Waals surface area contributed by atoms with Crippen LogP contribution in [0.15, 0.2) is 0 Å². The topological polar surface area (TPSA) is 123 Å². The minimum Gasteiger partial charge on any atom is -0.481 e. The monoisotopic (exact) mass is 551 g/mol. The number of nitrogens with two attached hydrogens (primary N) is 1. The van der Waals surface area contributed by atoms with Crippen LogP contribution in [0.5, 0.6) is 0 Å². The number of ether oxygens (including phenoxy) is 1. The molecule has 0 aromatic heterocycles. The zero-order valence-electron chi connectivity index (χ0n) is 21.7. The van der Waals surface area contributed by atoms with Crippen molar-refractivity contribution in [3.63, 3.8) is 0 Å². The fraction of sp³-hybridized carbons (Fsp3) is 0.880. The number of carboxylic acid groups (broad SMARTS) is 1. The summed E-state index contributed by atoms with van der Waals surface area (Å²) in [5.41, 5.74) is 5.58. The first kappa shape index (κ1) is 32.7. The highest BCUT2D eigenvalue weighted by Gasteiger charge is 2.37. The summed E-state index contributed by atoms with van der Waals surface area (Å²) < 4.78 is 6.14. The molecule has 2 heterocycles. The number of halogens is 2. The van der Waals surface area contributed by atoms with E-state index in [2.05, 4.69) is 4.90 Å². The summed E-state index contributed by atoms with van der Waals surface area (Å²) in [6.45, 7) is 2.80. The third-order valence-corrected chi connectivity index (χ3v) is 8.04. The standard InChI is InChI=1S/C25H45N5O4.2ClH/c1-28(19-8-4-2-3-5-9-19)22(18-23(31)32)24(33)30-14-7-6-10-20(30)13-17-34-21-11-15-29(16-12-21)25(26)27;;/h19-22H,2-18H2,1H3,(H3,26,27)(H,31,32);2*1H/t20-,22+;;/m1../s1. The Morgan fingerprint density at radius 1 is 1.00 bits per heavy atom. The van der Waals surface area contributed by atoms with Crippen LogP contribution >= 0.6 is 24.8 Å². The molecular formula is C25H47Cl2N5O4. The highest BCUT2D eigenvalue weighted by atomic mass is 35.5. The number of piperidine rings is 2. The van der Waals surface area contributed by atoms with Gasteiger partial charge in [-0.1, -0.05) is 25.7 Å². The predicted octanol–water partition coefficient (Wildman–Crippen LogP) is 3.47. The second kappa shape index (κ2) is 16.5. The van der Waals surface area contributed by atoms with Gasteiger partial charge >= 0.3 is 5.97 Å². The SMILES string of the molecule is CN(C1CCCCCC1)[C@@H](CC(=O)O)C(=O)N1CCCC[C@@H]1CCOC1CCN(C(=N)N)CC1.Cl.Cl. The Morgan fingerprint density at radius 2 is 1.61 bits per heavy atom. The van der Waals surface area contributed by atoms with Crippen molar-refractivity contribution in [2.75, 3.05) is 33.3 Å². The number of carbonyl (C=O) groups is 2. The van der Waals surface area contributed by atoms with E-state index in [0.29, 0.717) is 13.2 Å². The molecule has 0 aromatic carbocycles. The number of guanidine groups is 1. The van der Waals surface area contributed by atoms with Crippen LogP contribution in [0.1, 0.15) is 83.5 Å². The molecule has 0 bridgehead atoms. The van der Waals surface area contributed by atoms with Crippen LogP contribution in [0.2, 0.25) is 0 Å². The van der Waals surface area contributed by atoms with Gasteiger partial charge in [0, 0.05) is 38.3 Å². The van der Waals surface area contributed by atoms with Gasteiger partial charge in [0.1, 0.15) is 0 Å². The lowest BCUT2D eigenvalue weighted by atomic mass is 9.96. The minimum absolute atomic E-state index is 0. The molecule has 210 valence electrons. The minimum atomic E-state index is -0.910. The molecule has 9 nitrogen and oxygen atoms in total. The molecule has 1 amide bonds. The molecule has 36 heavy (non-hydrogen) atoms. The van der Waals surface area contributed by atoms with Crippen LogP contribution in [-0.2, 0) is 14.3 Å². The van der Waals surface area contributed by atoms with E-state index < -0.39 is 12.0 Å². The highest BCUT2D eigenvalue weighted by molar-refractivity contribution is 5.86. The Kier molecular flexibility index (Phi) is 15.0. The van der Waals surface area contributed by atoms with Crippen molar-refractivity contribution in [1.29, 1.82) is 5.41 Å². The molecule has 11 heteroatoms. The van der Waals surface area contributed by atoms with Crippen molar-refractivity contribution in [3.8, 4) is 0 Å². The van der Waals surface area contributed by atoms with Gasteiger partial charge in [0.15, 0.2) is 5.96 Å². The average molecular weight is 553 g/mol. The number of likely N-dealkylation sites (tertiary alicyclic amines) is 2. The second-order valence-electron chi connectivity index (χ2n) is 10.3. The third kappa shape index (κ3) is 9.54. The van der Waals surface area contributed by atoms with Crippen molar-refractivity contribution in [2.24, 2.45) is 5.73 Å². The molecule has 0 radical (unpaired) electrons. The maximum atomic E-state index is 13.7. The van der Waals surface area contributed by atoms with E-state index >= 15 is 0 Å². The number of hydrogen-bond donors (Lipinski definition) is 3. The first-order chi connectivity index (χ1) is 16.4. The summed E-state index contributed by atoms with van der Waals surface area (Å²) in [5.74, 6) is -0.805. The van der Waals surface area contributed by atoms with E-state index in [0.717, 1.165) is 77.3 Å². The van der Waals surface area contributed by atoms with Gasteiger partial charge in [0.25, 0.3) is 0 Å². The molecule has 2 atom stereocenters. The summed E-state index contributed by atoms with van der Waals surface area (Å²) in [6, 6.07) is -0.210. The summed E-state index contributed by atoms with van der Waals surface area (Å²) in [4.78, 5) is 31.3. The molecule has 3 fully saturated rings. The fourth-order valence-corrected chi connectivity index (χ4v) is 5.91. The van der Waals surface area contributed by atoms with Crippen LogP contribution in [0.3, 0.4) is 0 Å². The molecule has 2 aliphatic heterocycles. The van der Waals surface area contributed by atoms with Gasteiger partial charge in [-0.15, -0.1) is 24.8 Å². The van der Waals surface area contributed by atoms with E-state index in [1.807, 2.05) is 16.8 Å². The largest absolute Gasteiger partial charge is 0.481 e. The number of nitrogens with one attached hydrogen (secondary N) is 1. The molecular weight excluding hydrogens is 505 g/mol. The summed E-state index contributed by atoms with van der Waals surface area (Å²) in [6.07, 6.45) is 12.4. The second-order valence-corrected chi connectivity index (χ2v) is 10.3. The molecule has 0 unspecified atom stereocenters.